The second-order valence-electron chi connectivity index (χ2n) is 7.06. The third-order valence-electron chi connectivity index (χ3n) is 4.57. The van der Waals surface area contributed by atoms with Crippen LogP contribution in [0.5, 0.6) is 5.75 Å². The first-order valence-corrected chi connectivity index (χ1v) is 9.83. The van der Waals surface area contributed by atoms with Crippen LogP contribution in [-0.2, 0) is 4.79 Å². The van der Waals surface area contributed by atoms with Crippen molar-refractivity contribution in [2.45, 2.75) is 19.9 Å². The largest absolute Gasteiger partial charge is 0.496 e. The average molecular weight is 427 g/mol. The van der Waals surface area contributed by atoms with Crippen LogP contribution in [0.15, 0.2) is 54.6 Å². The van der Waals surface area contributed by atoms with E-state index in [2.05, 4.69) is 20.8 Å². The molecule has 0 bridgehead atoms. The third kappa shape index (κ3) is 4.99. The van der Waals surface area contributed by atoms with Crippen LogP contribution in [0.2, 0.25) is 5.02 Å². The number of aromatic amines is 1. The number of anilines is 1. The quantitative estimate of drug-likeness (QED) is 0.529. The van der Waals surface area contributed by atoms with E-state index in [1.807, 2.05) is 38.1 Å². The normalized spacial score (nSPS) is 11.8. The van der Waals surface area contributed by atoms with E-state index in [1.54, 1.807) is 37.4 Å². The number of ether oxygens (including phenoxy) is 1. The number of hydrogen-bond acceptors (Lipinski definition) is 4. The Morgan fingerprint density at radius 1 is 1.10 bits per heavy atom. The molecule has 2 amide bonds. The summed E-state index contributed by atoms with van der Waals surface area (Å²) < 4.78 is 5.36. The molecule has 7 nitrogen and oxygen atoms in total. The van der Waals surface area contributed by atoms with Crippen molar-refractivity contribution in [2.75, 3.05) is 12.4 Å². The van der Waals surface area contributed by atoms with Crippen LogP contribution in [0.3, 0.4) is 0 Å². The van der Waals surface area contributed by atoms with E-state index in [-0.39, 0.29) is 17.7 Å². The van der Waals surface area contributed by atoms with Crippen LogP contribution in [0.1, 0.15) is 24.2 Å². The highest BCUT2D eigenvalue weighted by molar-refractivity contribution is 6.30. The molecule has 0 saturated heterocycles. The summed E-state index contributed by atoms with van der Waals surface area (Å²) in [5.41, 5.74) is 1.95. The number of H-pyrrole nitrogens is 1. The fourth-order valence-electron chi connectivity index (χ4n) is 2.96. The fourth-order valence-corrected chi connectivity index (χ4v) is 3.08. The molecule has 8 heteroatoms. The number of nitrogens with zero attached hydrogens (tertiary/aromatic N) is 1. The zero-order chi connectivity index (χ0) is 21.7. The van der Waals surface area contributed by atoms with E-state index < -0.39 is 6.04 Å². The number of para-hydroxylation sites is 1. The molecule has 0 saturated carbocycles. The Labute approximate surface area is 179 Å². The molecule has 0 fully saturated rings. The molecule has 1 atom stereocenters. The van der Waals surface area contributed by atoms with Gasteiger partial charge in [0.15, 0.2) is 5.82 Å². The first-order chi connectivity index (χ1) is 14.4. The molecule has 0 spiro atoms. The fraction of sp³-hybridized carbons (Fsp3) is 0.227. The van der Waals surface area contributed by atoms with Gasteiger partial charge in [-0.2, -0.15) is 5.10 Å². The van der Waals surface area contributed by atoms with Crippen molar-refractivity contribution in [3.8, 4) is 17.0 Å². The molecule has 0 aliphatic rings. The second-order valence-corrected chi connectivity index (χ2v) is 7.49. The molecular formula is C22H23ClN4O3. The van der Waals surface area contributed by atoms with E-state index in [4.69, 9.17) is 16.3 Å². The van der Waals surface area contributed by atoms with Crippen LogP contribution in [0.25, 0.3) is 11.3 Å². The molecular weight excluding hydrogens is 404 g/mol. The zero-order valence-electron chi connectivity index (χ0n) is 16.9. The van der Waals surface area contributed by atoms with Crippen molar-refractivity contribution in [1.82, 2.24) is 15.5 Å². The lowest BCUT2D eigenvalue weighted by Crippen LogP contribution is -2.47. The lowest BCUT2D eigenvalue weighted by molar-refractivity contribution is -0.118. The lowest BCUT2D eigenvalue weighted by atomic mass is 10.0. The number of rotatable bonds is 7. The minimum absolute atomic E-state index is 0.131. The molecule has 1 unspecified atom stereocenters. The van der Waals surface area contributed by atoms with E-state index >= 15 is 0 Å². The molecule has 156 valence electrons. The van der Waals surface area contributed by atoms with Crippen LogP contribution < -0.4 is 15.4 Å². The number of carbonyl (C=O) groups excluding carboxylic acids is 2. The van der Waals surface area contributed by atoms with Gasteiger partial charge in [0.05, 0.1) is 12.8 Å². The molecule has 0 aliphatic heterocycles. The highest BCUT2D eigenvalue weighted by atomic mass is 35.5. The predicted molar refractivity (Wildman–Crippen MR) is 117 cm³/mol. The highest BCUT2D eigenvalue weighted by Crippen LogP contribution is 2.29. The van der Waals surface area contributed by atoms with Crippen molar-refractivity contribution >= 4 is 29.2 Å². The third-order valence-corrected chi connectivity index (χ3v) is 4.82. The predicted octanol–water partition coefficient (Wildman–Crippen LogP) is 4.13. The molecule has 2 aromatic carbocycles. The maximum Gasteiger partial charge on any atom is 0.251 e. The topological polar surface area (TPSA) is 96.1 Å². The van der Waals surface area contributed by atoms with Gasteiger partial charge in [0.25, 0.3) is 5.91 Å². The summed E-state index contributed by atoms with van der Waals surface area (Å²) in [6.07, 6.45) is 0. The number of halogens is 1. The van der Waals surface area contributed by atoms with Gasteiger partial charge in [-0.25, -0.2) is 0 Å². The summed E-state index contributed by atoms with van der Waals surface area (Å²) in [6.45, 7) is 3.72. The molecule has 1 heterocycles. The van der Waals surface area contributed by atoms with Gasteiger partial charge < -0.3 is 15.4 Å². The molecule has 3 rings (SSSR count). The Kier molecular flexibility index (Phi) is 6.74. The lowest BCUT2D eigenvalue weighted by Gasteiger charge is -2.21. The van der Waals surface area contributed by atoms with Gasteiger partial charge >= 0.3 is 0 Å². The summed E-state index contributed by atoms with van der Waals surface area (Å²) in [6, 6.07) is 15.0. The smallest absolute Gasteiger partial charge is 0.251 e. The summed E-state index contributed by atoms with van der Waals surface area (Å²) in [5.74, 6) is 0.207. The molecule has 1 aromatic heterocycles. The van der Waals surface area contributed by atoms with Gasteiger partial charge in [0, 0.05) is 22.2 Å². The van der Waals surface area contributed by atoms with Gasteiger partial charge in [-0.3, -0.25) is 14.7 Å². The van der Waals surface area contributed by atoms with Crippen LogP contribution in [0.4, 0.5) is 5.82 Å². The number of hydrogen-bond donors (Lipinski definition) is 3. The number of amides is 2. The van der Waals surface area contributed by atoms with Crippen molar-refractivity contribution < 1.29 is 14.3 Å². The first-order valence-electron chi connectivity index (χ1n) is 9.45. The molecule has 30 heavy (non-hydrogen) atoms. The molecule has 3 N–H and O–H groups in total. The van der Waals surface area contributed by atoms with Gasteiger partial charge in [-0.15, -0.1) is 0 Å². The van der Waals surface area contributed by atoms with Gasteiger partial charge in [-0.05, 0) is 42.3 Å². The van der Waals surface area contributed by atoms with Crippen LogP contribution in [-0.4, -0.2) is 35.2 Å². The SMILES string of the molecule is COc1ccccc1-c1cc(NC(=O)C(NC(=O)c2ccc(Cl)cc2)C(C)C)n[nH]1. The maximum absolute atomic E-state index is 12.8. The first kappa shape index (κ1) is 21.4. The second kappa shape index (κ2) is 9.45. The average Bonchev–Trinajstić information content (AvgIpc) is 3.20. The van der Waals surface area contributed by atoms with E-state index in [1.165, 1.54) is 0 Å². The summed E-state index contributed by atoms with van der Waals surface area (Å²) in [4.78, 5) is 25.3. The van der Waals surface area contributed by atoms with Gasteiger partial charge in [0.2, 0.25) is 5.91 Å². The Balaban J connectivity index is 1.72. The minimum atomic E-state index is -0.736. The Hall–Kier alpha value is -3.32. The summed E-state index contributed by atoms with van der Waals surface area (Å²) >= 11 is 5.86. The number of carbonyl (C=O) groups is 2. The number of methoxy groups -OCH3 is 1. The minimum Gasteiger partial charge on any atom is -0.496 e. The van der Waals surface area contributed by atoms with E-state index in [0.29, 0.717) is 27.8 Å². The summed E-state index contributed by atoms with van der Waals surface area (Å²) in [7, 11) is 1.59. The Morgan fingerprint density at radius 3 is 2.47 bits per heavy atom. The van der Waals surface area contributed by atoms with E-state index in [9.17, 15) is 9.59 Å². The van der Waals surface area contributed by atoms with Crippen LogP contribution in [0, 0.1) is 5.92 Å². The summed E-state index contributed by atoms with van der Waals surface area (Å²) in [5, 5.41) is 13.1. The van der Waals surface area contributed by atoms with Crippen molar-refractivity contribution in [2.24, 2.45) is 5.92 Å². The molecule has 0 radical (unpaired) electrons. The highest BCUT2D eigenvalue weighted by Gasteiger charge is 2.25. The van der Waals surface area contributed by atoms with Gasteiger partial charge in [0.1, 0.15) is 11.8 Å². The van der Waals surface area contributed by atoms with Crippen LogP contribution >= 0.6 is 11.6 Å². The number of nitrogens with one attached hydrogen (secondary N) is 3. The van der Waals surface area contributed by atoms with E-state index in [0.717, 1.165) is 5.56 Å². The standard InChI is InChI=1S/C22H23ClN4O3/c1-13(2)20(25-21(28)14-8-10-15(23)11-9-14)22(29)24-19-12-17(26-27-19)16-6-4-5-7-18(16)30-3/h4-13,20H,1-3H3,(H,25,28)(H2,24,26,27,29). The number of aromatic nitrogens is 2. The van der Waals surface area contributed by atoms with Crippen molar-refractivity contribution in [3.05, 3.63) is 65.2 Å². The Bertz CT molecular complexity index is 1030. The molecule has 3 aromatic rings. The maximum atomic E-state index is 12.8. The monoisotopic (exact) mass is 426 g/mol. The van der Waals surface area contributed by atoms with Crippen molar-refractivity contribution in [1.29, 1.82) is 0 Å². The Morgan fingerprint density at radius 2 is 1.80 bits per heavy atom. The molecule has 0 aliphatic carbocycles. The number of benzene rings is 2. The zero-order valence-corrected chi connectivity index (χ0v) is 17.7. The van der Waals surface area contributed by atoms with Crippen molar-refractivity contribution in [3.63, 3.8) is 0 Å². The van der Waals surface area contributed by atoms with Gasteiger partial charge in [-0.1, -0.05) is 37.6 Å².